The third-order valence-corrected chi connectivity index (χ3v) is 0.867. The van der Waals surface area contributed by atoms with Crippen LogP contribution in [-0.4, -0.2) is 0 Å². The van der Waals surface area contributed by atoms with Gasteiger partial charge in [0, 0.05) is 0 Å². The monoisotopic (exact) mass is 86.1 g/mol. The Morgan fingerprint density at radius 2 is 2.43 bits per heavy atom. The van der Waals surface area contributed by atoms with Crippen LogP contribution in [0, 0.1) is 6.08 Å². The first-order valence-corrected chi connectivity index (χ1v) is 2.13. The van der Waals surface area contributed by atoms with Crippen molar-refractivity contribution in [1.82, 2.24) is 0 Å². The second kappa shape index (κ2) is 3.13. The zero-order valence-corrected chi connectivity index (χ0v) is 4.86. The number of hydrogen-bond donors (Lipinski definition) is 0. The zero-order valence-electron chi connectivity index (χ0n) is 4.86. The molecule has 0 spiro atoms. The summed E-state index contributed by atoms with van der Waals surface area (Å²) in [5.74, 6) is 0. The van der Waals surface area contributed by atoms with Crippen molar-refractivity contribution >= 4 is 0 Å². The van der Waals surface area contributed by atoms with Gasteiger partial charge in [0.25, 0.3) is 0 Å². The molecule has 0 fully saturated rings. The van der Waals surface area contributed by atoms with E-state index in [-0.39, 0.29) is 18.9 Å². The van der Waals surface area contributed by atoms with Crippen molar-refractivity contribution in [3.63, 3.8) is 0 Å². The van der Waals surface area contributed by atoms with Gasteiger partial charge in [-0.25, -0.2) is 11.6 Å². The molecule has 1 aliphatic rings. The SMILES string of the molecule is CC1=[C-]CC=C1.[Li+]. The third-order valence-electron chi connectivity index (χ3n) is 0.867. The number of rotatable bonds is 0. The van der Waals surface area contributed by atoms with Crippen LogP contribution >= 0.6 is 0 Å². The molecule has 0 N–H and O–H groups in total. The summed E-state index contributed by atoms with van der Waals surface area (Å²) in [6.45, 7) is 2.06. The third kappa shape index (κ3) is 2.02. The summed E-state index contributed by atoms with van der Waals surface area (Å²) in [4.78, 5) is 0. The average molecular weight is 86.1 g/mol. The van der Waals surface area contributed by atoms with Crippen LogP contribution in [0.25, 0.3) is 0 Å². The van der Waals surface area contributed by atoms with Gasteiger partial charge >= 0.3 is 18.9 Å². The van der Waals surface area contributed by atoms with Crippen LogP contribution in [0.4, 0.5) is 0 Å². The van der Waals surface area contributed by atoms with E-state index in [2.05, 4.69) is 25.2 Å². The van der Waals surface area contributed by atoms with Gasteiger partial charge in [0.05, 0.1) is 0 Å². The summed E-state index contributed by atoms with van der Waals surface area (Å²) in [6.07, 6.45) is 8.33. The molecule has 0 unspecified atom stereocenters. The molecule has 7 heavy (non-hydrogen) atoms. The van der Waals surface area contributed by atoms with Gasteiger partial charge in [-0.15, -0.1) is 6.42 Å². The molecular weight excluding hydrogens is 79.0 g/mol. The second-order valence-corrected chi connectivity index (χ2v) is 1.47. The maximum atomic E-state index is 3.12. The largest absolute Gasteiger partial charge is 1.00 e. The predicted octanol–water partition coefficient (Wildman–Crippen LogP) is -1.30. The molecule has 0 aromatic carbocycles. The van der Waals surface area contributed by atoms with Gasteiger partial charge in [-0.1, -0.05) is 6.92 Å². The molecule has 0 saturated carbocycles. The van der Waals surface area contributed by atoms with Crippen LogP contribution in [0.5, 0.6) is 0 Å². The van der Waals surface area contributed by atoms with Gasteiger partial charge in [-0.2, -0.15) is 6.08 Å². The summed E-state index contributed by atoms with van der Waals surface area (Å²) in [5.41, 5.74) is 1.27. The van der Waals surface area contributed by atoms with Gasteiger partial charge < -0.3 is 0 Å². The summed E-state index contributed by atoms with van der Waals surface area (Å²) < 4.78 is 0. The van der Waals surface area contributed by atoms with Crippen molar-refractivity contribution in [2.24, 2.45) is 0 Å². The Morgan fingerprint density at radius 3 is 2.57 bits per heavy atom. The van der Waals surface area contributed by atoms with E-state index >= 15 is 0 Å². The normalized spacial score (nSPS) is 15.9. The summed E-state index contributed by atoms with van der Waals surface area (Å²) in [7, 11) is 0. The Kier molecular flexibility index (Phi) is 3.16. The predicted molar refractivity (Wildman–Crippen MR) is 26.2 cm³/mol. The van der Waals surface area contributed by atoms with Gasteiger partial charge in [0.2, 0.25) is 0 Å². The van der Waals surface area contributed by atoms with E-state index in [0.29, 0.717) is 0 Å². The van der Waals surface area contributed by atoms with E-state index in [1.54, 1.807) is 0 Å². The standard InChI is InChI=1S/C6H7.Li/c1-6-4-2-3-5-6;/h2,4H,3H2,1H3;/q-1;+1. The Bertz CT molecular complexity index is 98.0. The molecule has 0 amide bonds. The fourth-order valence-corrected chi connectivity index (χ4v) is 0.515. The van der Waals surface area contributed by atoms with Gasteiger partial charge in [-0.05, 0) is 0 Å². The van der Waals surface area contributed by atoms with E-state index < -0.39 is 0 Å². The van der Waals surface area contributed by atoms with Crippen molar-refractivity contribution < 1.29 is 18.9 Å². The molecule has 0 bridgehead atoms. The fraction of sp³-hybridized carbons (Fsp3) is 0.333. The molecular formula is C6H7Li. The molecule has 0 atom stereocenters. The molecule has 1 rings (SSSR count). The van der Waals surface area contributed by atoms with Crippen molar-refractivity contribution in [3.8, 4) is 0 Å². The van der Waals surface area contributed by atoms with Crippen molar-refractivity contribution in [1.29, 1.82) is 0 Å². The maximum Gasteiger partial charge on any atom is 1.00 e. The van der Waals surface area contributed by atoms with E-state index in [9.17, 15) is 0 Å². The Labute approximate surface area is 56.5 Å². The van der Waals surface area contributed by atoms with Gasteiger partial charge in [-0.3, -0.25) is 6.08 Å². The van der Waals surface area contributed by atoms with Crippen LogP contribution in [0.2, 0.25) is 0 Å². The van der Waals surface area contributed by atoms with Gasteiger partial charge in [0.15, 0.2) is 0 Å². The van der Waals surface area contributed by atoms with Crippen LogP contribution in [-0.2, 0) is 0 Å². The topological polar surface area (TPSA) is 0 Å². The second-order valence-electron chi connectivity index (χ2n) is 1.47. The van der Waals surface area contributed by atoms with Crippen LogP contribution < -0.4 is 18.9 Å². The molecule has 1 aliphatic carbocycles. The fourth-order valence-electron chi connectivity index (χ4n) is 0.515. The van der Waals surface area contributed by atoms with Crippen molar-refractivity contribution in [2.75, 3.05) is 0 Å². The molecule has 0 nitrogen and oxygen atoms in total. The van der Waals surface area contributed by atoms with Crippen molar-refractivity contribution in [3.05, 3.63) is 23.8 Å². The molecule has 0 aromatic heterocycles. The minimum Gasteiger partial charge on any atom is -0.270 e. The summed E-state index contributed by atoms with van der Waals surface area (Å²) >= 11 is 0. The van der Waals surface area contributed by atoms with E-state index in [1.165, 1.54) is 5.57 Å². The molecule has 0 aliphatic heterocycles. The molecule has 32 valence electrons. The smallest absolute Gasteiger partial charge is 0.270 e. The van der Waals surface area contributed by atoms with Crippen LogP contribution in [0.3, 0.4) is 0 Å². The van der Waals surface area contributed by atoms with E-state index in [1.807, 2.05) is 0 Å². The summed E-state index contributed by atoms with van der Waals surface area (Å²) in [6, 6.07) is 0. The first-order chi connectivity index (χ1) is 2.89. The number of allylic oxidation sites excluding steroid dienone is 4. The molecule has 0 saturated heterocycles. The first-order valence-electron chi connectivity index (χ1n) is 2.13. The van der Waals surface area contributed by atoms with Crippen molar-refractivity contribution in [2.45, 2.75) is 13.3 Å². The molecule has 0 heterocycles. The maximum absolute atomic E-state index is 3.12. The molecule has 1 heteroatoms. The number of hydrogen-bond acceptors (Lipinski definition) is 0. The Balaban J connectivity index is 0.000000360. The Hall–Kier alpha value is 0.0774. The minimum absolute atomic E-state index is 0. The molecule has 0 radical (unpaired) electrons. The van der Waals surface area contributed by atoms with Gasteiger partial charge in [0.1, 0.15) is 0 Å². The summed E-state index contributed by atoms with van der Waals surface area (Å²) in [5, 5.41) is 0. The minimum atomic E-state index is 0. The van der Waals surface area contributed by atoms with Crippen LogP contribution in [0.1, 0.15) is 13.3 Å². The average Bonchev–Trinajstić information content (AvgIpc) is 1.86. The van der Waals surface area contributed by atoms with Crippen LogP contribution in [0.15, 0.2) is 17.7 Å². The van der Waals surface area contributed by atoms with E-state index in [4.69, 9.17) is 0 Å². The Morgan fingerprint density at radius 1 is 1.71 bits per heavy atom. The van der Waals surface area contributed by atoms with E-state index in [0.717, 1.165) is 6.42 Å². The zero-order chi connectivity index (χ0) is 4.41. The quantitative estimate of drug-likeness (QED) is 0.254. The molecule has 0 aromatic rings. The first kappa shape index (κ1) is 7.08.